The smallest absolute Gasteiger partial charge is 0.199 e. The molecule has 0 radical (unpaired) electrons. The van der Waals surface area contributed by atoms with Crippen LogP contribution in [0, 0.1) is 0 Å². The second-order valence-corrected chi connectivity index (χ2v) is 8.10. The Morgan fingerprint density at radius 3 is 2.74 bits per heavy atom. The number of ether oxygens (including phenoxy) is 2. The maximum atomic E-state index is 10.7. The molecule has 0 spiro atoms. The number of nitrogen functional groups attached to an aromatic ring is 1. The van der Waals surface area contributed by atoms with Crippen molar-refractivity contribution in [2.45, 2.75) is 45.9 Å². The van der Waals surface area contributed by atoms with Crippen molar-refractivity contribution in [1.29, 1.82) is 0 Å². The molecular weight excluding hydrogens is 402 g/mol. The molecule has 1 fully saturated rings. The van der Waals surface area contributed by atoms with Gasteiger partial charge in [-0.15, -0.1) is 0 Å². The lowest BCUT2D eigenvalue weighted by Crippen LogP contribution is -2.44. The number of imidazole rings is 1. The maximum Gasteiger partial charge on any atom is 0.199 e. The Morgan fingerprint density at radius 2 is 2.10 bits per heavy atom. The summed E-state index contributed by atoms with van der Waals surface area (Å²) in [4.78, 5) is 11.5. The van der Waals surface area contributed by atoms with Crippen molar-refractivity contribution in [3.63, 3.8) is 0 Å². The minimum atomic E-state index is -1.21. The molecule has 11 heteroatoms. The summed E-state index contributed by atoms with van der Waals surface area (Å²) in [5.74, 6) is 1.17. The number of nitrogens with zero attached hydrogens (tertiary/aromatic N) is 6. The number of anilines is 1. The molecule has 168 valence electrons. The zero-order valence-electron chi connectivity index (χ0n) is 18.3. The number of pyridine rings is 1. The van der Waals surface area contributed by atoms with Gasteiger partial charge in [0, 0.05) is 19.6 Å². The molecule has 3 N–H and O–H groups in total. The highest BCUT2D eigenvalue weighted by molar-refractivity contribution is 5.88. The van der Waals surface area contributed by atoms with Crippen LogP contribution in [0.4, 0.5) is 5.82 Å². The van der Waals surface area contributed by atoms with E-state index in [1.165, 1.54) is 0 Å². The molecule has 0 aliphatic carbocycles. The predicted octanol–water partition coefficient (Wildman–Crippen LogP) is 1.41. The fourth-order valence-corrected chi connectivity index (χ4v) is 3.86. The lowest BCUT2D eigenvalue weighted by Gasteiger charge is -2.31. The lowest BCUT2D eigenvalue weighted by atomic mass is 10.0. The van der Waals surface area contributed by atoms with Gasteiger partial charge in [0.2, 0.25) is 0 Å². The molecule has 3 aromatic heterocycles. The van der Waals surface area contributed by atoms with Gasteiger partial charge in [-0.1, -0.05) is 6.92 Å². The first-order valence-electron chi connectivity index (χ1n) is 10.5. The maximum absolute atomic E-state index is 10.7. The van der Waals surface area contributed by atoms with Crippen LogP contribution < -0.4 is 10.5 Å². The highest BCUT2D eigenvalue weighted by Gasteiger charge is 2.29. The van der Waals surface area contributed by atoms with Crippen LogP contribution in [0.5, 0.6) is 5.75 Å². The number of rotatable bonds is 7. The van der Waals surface area contributed by atoms with Gasteiger partial charge in [-0.25, -0.2) is 9.61 Å². The summed E-state index contributed by atoms with van der Waals surface area (Å²) < 4.78 is 18.7. The normalized spacial score (nSPS) is 18.0. The molecule has 0 bridgehead atoms. The molecule has 1 aliphatic heterocycles. The Bertz CT molecular complexity index is 1060. The van der Waals surface area contributed by atoms with Gasteiger partial charge >= 0.3 is 0 Å². The number of aryl methyl sites for hydroxylation is 1. The number of aliphatic hydroxyl groups is 1. The van der Waals surface area contributed by atoms with E-state index in [1.54, 1.807) is 20.0 Å². The molecule has 0 amide bonds. The largest absolute Gasteiger partial charge is 0.487 e. The Balaban J connectivity index is 1.77. The van der Waals surface area contributed by atoms with Crippen LogP contribution in [0.2, 0.25) is 0 Å². The molecule has 1 atom stereocenters. The monoisotopic (exact) mass is 431 g/mol. The molecule has 31 heavy (non-hydrogen) atoms. The van der Waals surface area contributed by atoms with E-state index in [9.17, 15) is 5.11 Å². The standard InChI is InChI=1S/C20H29N7O4/c1-5-26-7-8-29-12(10-26)11-30-13-9-22-17(20(3,4)28)14-16(13)27(6-2)19(23-14)15-18(21)25-31-24-15/h9,12,28H,5-8,10-11H2,1-4H3,(H2,21,25)/t12-/m0/s1. The summed E-state index contributed by atoms with van der Waals surface area (Å²) in [6.45, 7) is 11.8. The zero-order chi connectivity index (χ0) is 22.2. The molecular formula is C20H29N7O4. The van der Waals surface area contributed by atoms with Gasteiger partial charge in [0.05, 0.1) is 18.5 Å². The van der Waals surface area contributed by atoms with E-state index >= 15 is 0 Å². The Labute approximate surface area is 180 Å². The summed E-state index contributed by atoms with van der Waals surface area (Å²) in [6.07, 6.45) is 1.59. The van der Waals surface area contributed by atoms with Crippen LogP contribution >= 0.6 is 0 Å². The minimum absolute atomic E-state index is 0.0365. The van der Waals surface area contributed by atoms with Crippen LogP contribution in [-0.4, -0.2) is 73.8 Å². The van der Waals surface area contributed by atoms with Crippen LogP contribution in [0.1, 0.15) is 33.4 Å². The number of aromatic nitrogens is 5. The van der Waals surface area contributed by atoms with E-state index in [2.05, 4.69) is 27.1 Å². The van der Waals surface area contributed by atoms with Gasteiger partial charge in [0.15, 0.2) is 23.1 Å². The zero-order valence-corrected chi connectivity index (χ0v) is 18.3. The van der Waals surface area contributed by atoms with Gasteiger partial charge in [-0.2, -0.15) is 0 Å². The number of fused-ring (bicyclic) bond motifs is 1. The van der Waals surface area contributed by atoms with Crippen molar-refractivity contribution < 1.29 is 19.2 Å². The summed E-state index contributed by atoms with van der Waals surface area (Å²) in [6, 6.07) is 0. The van der Waals surface area contributed by atoms with Gasteiger partial charge in [0.1, 0.15) is 29.3 Å². The summed E-state index contributed by atoms with van der Waals surface area (Å²) in [5.41, 5.74) is 6.71. The van der Waals surface area contributed by atoms with E-state index < -0.39 is 5.60 Å². The SMILES string of the molecule is CCN1CCO[C@H](COc2cnc(C(C)(C)O)c3nc(-c4nonc4N)n(CC)c23)C1. The van der Waals surface area contributed by atoms with E-state index in [4.69, 9.17) is 24.8 Å². The molecule has 0 unspecified atom stereocenters. The summed E-state index contributed by atoms with van der Waals surface area (Å²) >= 11 is 0. The fraction of sp³-hybridized carbons (Fsp3) is 0.600. The van der Waals surface area contributed by atoms with E-state index in [0.29, 0.717) is 53.8 Å². The average molecular weight is 431 g/mol. The van der Waals surface area contributed by atoms with E-state index in [0.717, 1.165) is 19.6 Å². The fourth-order valence-electron chi connectivity index (χ4n) is 3.86. The van der Waals surface area contributed by atoms with Gasteiger partial charge in [-0.05, 0) is 37.6 Å². The van der Waals surface area contributed by atoms with Crippen LogP contribution in [0.15, 0.2) is 10.8 Å². The third-order valence-corrected chi connectivity index (χ3v) is 5.45. The second kappa shape index (κ2) is 8.40. The Kier molecular flexibility index (Phi) is 5.82. The number of hydrogen-bond donors (Lipinski definition) is 2. The molecule has 1 saturated heterocycles. The van der Waals surface area contributed by atoms with Crippen molar-refractivity contribution in [1.82, 2.24) is 29.7 Å². The molecule has 4 heterocycles. The lowest BCUT2D eigenvalue weighted by molar-refractivity contribution is -0.0462. The average Bonchev–Trinajstić information content (AvgIpc) is 3.34. The molecule has 1 aliphatic rings. The quantitative estimate of drug-likeness (QED) is 0.564. The minimum Gasteiger partial charge on any atom is -0.487 e. The highest BCUT2D eigenvalue weighted by Crippen LogP contribution is 2.36. The van der Waals surface area contributed by atoms with Crippen LogP contribution in [0.3, 0.4) is 0 Å². The van der Waals surface area contributed by atoms with E-state index in [-0.39, 0.29) is 11.9 Å². The number of hydrogen-bond acceptors (Lipinski definition) is 10. The van der Waals surface area contributed by atoms with Gasteiger partial charge in [0.25, 0.3) is 0 Å². The third-order valence-electron chi connectivity index (χ3n) is 5.45. The van der Waals surface area contributed by atoms with Crippen LogP contribution in [-0.2, 0) is 16.9 Å². The summed E-state index contributed by atoms with van der Waals surface area (Å²) in [7, 11) is 0. The number of nitrogens with two attached hydrogens (primary N) is 1. The van der Waals surface area contributed by atoms with Crippen molar-refractivity contribution in [2.24, 2.45) is 0 Å². The first-order valence-corrected chi connectivity index (χ1v) is 10.5. The molecule has 11 nitrogen and oxygen atoms in total. The van der Waals surface area contributed by atoms with E-state index in [1.807, 2.05) is 11.5 Å². The van der Waals surface area contributed by atoms with Crippen LogP contribution in [0.25, 0.3) is 22.6 Å². The Morgan fingerprint density at radius 1 is 1.29 bits per heavy atom. The molecule has 0 aromatic carbocycles. The second-order valence-electron chi connectivity index (χ2n) is 8.10. The topological polar surface area (TPSA) is 138 Å². The molecule has 0 saturated carbocycles. The van der Waals surface area contributed by atoms with Crippen molar-refractivity contribution in [3.8, 4) is 17.3 Å². The summed E-state index contributed by atoms with van der Waals surface area (Å²) in [5, 5.41) is 18.2. The first-order chi connectivity index (χ1) is 14.8. The van der Waals surface area contributed by atoms with Gasteiger partial charge < -0.3 is 24.9 Å². The first kappa shape index (κ1) is 21.5. The third kappa shape index (κ3) is 4.08. The number of likely N-dealkylation sites (N-methyl/N-ethyl adjacent to an activating group) is 1. The van der Waals surface area contributed by atoms with Crippen molar-refractivity contribution >= 4 is 16.9 Å². The molecule has 4 rings (SSSR count). The van der Waals surface area contributed by atoms with Crippen molar-refractivity contribution in [3.05, 3.63) is 11.9 Å². The highest BCUT2D eigenvalue weighted by atomic mass is 16.6. The molecule has 3 aromatic rings. The number of morpholine rings is 1. The Hall–Kier alpha value is -2.76. The van der Waals surface area contributed by atoms with Gasteiger partial charge in [-0.3, -0.25) is 9.88 Å². The predicted molar refractivity (Wildman–Crippen MR) is 114 cm³/mol. The van der Waals surface area contributed by atoms with Crippen molar-refractivity contribution in [2.75, 3.05) is 38.6 Å².